The van der Waals surface area contributed by atoms with Crippen molar-refractivity contribution in [1.82, 2.24) is 5.32 Å². The number of fused-ring (bicyclic) bond motifs is 1. The van der Waals surface area contributed by atoms with Gasteiger partial charge in [-0.1, -0.05) is 32.1 Å². The molecule has 0 radical (unpaired) electrons. The van der Waals surface area contributed by atoms with Crippen molar-refractivity contribution in [1.29, 1.82) is 5.26 Å². The summed E-state index contributed by atoms with van der Waals surface area (Å²) in [6, 6.07) is 3.71. The topological polar surface area (TPSA) is 35.8 Å². The monoisotopic (exact) mass is 246 g/mol. The molecule has 100 valence electrons. The lowest BCUT2D eigenvalue weighted by Crippen LogP contribution is -2.44. The van der Waals surface area contributed by atoms with Crippen LogP contribution in [0.3, 0.4) is 0 Å². The Hall–Kier alpha value is -0.550. The Morgan fingerprint density at radius 1 is 0.833 bits per heavy atom. The molecule has 3 aliphatic carbocycles. The SMILES string of the molecule is N#CC1CCCC1NC1CCC2CCCCC2C1. The Labute approximate surface area is 111 Å². The van der Waals surface area contributed by atoms with Gasteiger partial charge in [-0.15, -0.1) is 0 Å². The molecule has 3 fully saturated rings. The number of nitrogens with one attached hydrogen (secondary N) is 1. The minimum atomic E-state index is 0.286. The van der Waals surface area contributed by atoms with Gasteiger partial charge in [0.15, 0.2) is 0 Å². The van der Waals surface area contributed by atoms with E-state index in [1.165, 1.54) is 57.8 Å². The van der Waals surface area contributed by atoms with Gasteiger partial charge in [-0.3, -0.25) is 0 Å². The molecule has 3 rings (SSSR count). The summed E-state index contributed by atoms with van der Waals surface area (Å²) in [6.45, 7) is 0. The van der Waals surface area contributed by atoms with Crippen LogP contribution in [0.4, 0.5) is 0 Å². The maximum absolute atomic E-state index is 9.16. The van der Waals surface area contributed by atoms with Crippen molar-refractivity contribution in [3.05, 3.63) is 0 Å². The summed E-state index contributed by atoms with van der Waals surface area (Å²) in [5, 5.41) is 13.0. The summed E-state index contributed by atoms with van der Waals surface area (Å²) >= 11 is 0. The molecule has 0 saturated heterocycles. The summed E-state index contributed by atoms with van der Waals surface area (Å²) in [6.07, 6.45) is 13.7. The molecule has 0 amide bonds. The van der Waals surface area contributed by atoms with Crippen LogP contribution in [-0.4, -0.2) is 12.1 Å². The highest BCUT2D eigenvalue weighted by molar-refractivity contribution is 4.98. The normalized spacial score (nSPS) is 44.3. The first kappa shape index (κ1) is 12.5. The Bertz CT molecular complexity index is 320. The molecule has 3 saturated carbocycles. The van der Waals surface area contributed by atoms with Crippen LogP contribution in [0.5, 0.6) is 0 Å². The van der Waals surface area contributed by atoms with E-state index in [0.717, 1.165) is 18.3 Å². The molecular formula is C16H26N2. The van der Waals surface area contributed by atoms with Gasteiger partial charge in [0.25, 0.3) is 0 Å². The van der Waals surface area contributed by atoms with Crippen molar-refractivity contribution >= 4 is 0 Å². The first-order chi connectivity index (χ1) is 8.86. The second-order valence-corrected chi connectivity index (χ2v) is 6.75. The molecule has 0 heterocycles. The molecule has 0 aliphatic heterocycles. The number of hydrogen-bond acceptors (Lipinski definition) is 2. The summed E-state index contributed by atoms with van der Waals surface area (Å²) in [5.41, 5.74) is 0. The second-order valence-electron chi connectivity index (χ2n) is 6.75. The van der Waals surface area contributed by atoms with Gasteiger partial charge in [-0.2, -0.15) is 5.26 Å². The Kier molecular flexibility index (Phi) is 3.89. The molecule has 0 aromatic carbocycles. The van der Waals surface area contributed by atoms with Crippen LogP contribution in [0.1, 0.15) is 64.2 Å². The molecule has 0 aromatic rings. The van der Waals surface area contributed by atoms with Crippen LogP contribution in [0.2, 0.25) is 0 Å². The minimum Gasteiger partial charge on any atom is -0.310 e. The van der Waals surface area contributed by atoms with Crippen molar-refractivity contribution in [3.63, 3.8) is 0 Å². The molecule has 18 heavy (non-hydrogen) atoms. The summed E-state index contributed by atoms with van der Waals surface area (Å²) in [4.78, 5) is 0. The molecule has 0 spiro atoms. The maximum atomic E-state index is 9.16. The zero-order valence-electron chi connectivity index (χ0n) is 11.4. The quantitative estimate of drug-likeness (QED) is 0.807. The summed E-state index contributed by atoms with van der Waals surface area (Å²) in [7, 11) is 0. The largest absolute Gasteiger partial charge is 0.310 e. The van der Waals surface area contributed by atoms with Crippen LogP contribution >= 0.6 is 0 Å². The van der Waals surface area contributed by atoms with Gasteiger partial charge in [0, 0.05) is 12.1 Å². The van der Waals surface area contributed by atoms with Gasteiger partial charge in [-0.05, 0) is 43.9 Å². The van der Waals surface area contributed by atoms with Crippen molar-refractivity contribution in [2.45, 2.75) is 76.3 Å². The molecular weight excluding hydrogens is 220 g/mol. The number of nitrogens with zero attached hydrogens (tertiary/aromatic N) is 1. The van der Waals surface area contributed by atoms with Crippen LogP contribution < -0.4 is 5.32 Å². The predicted molar refractivity (Wildman–Crippen MR) is 73.0 cm³/mol. The van der Waals surface area contributed by atoms with E-state index in [4.69, 9.17) is 5.26 Å². The third-order valence-corrected chi connectivity index (χ3v) is 5.67. The highest BCUT2D eigenvalue weighted by Crippen LogP contribution is 2.41. The van der Waals surface area contributed by atoms with E-state index in [2.05, 4.69) is 11.4 Å². The zero-order chi connectivity index (χ0) is 12.4. The molecule has 5 unspecified atom stereocenters. The maximum Gasteiger partial charge on any atom is 0.0672 e. The van der Waals surface area contributed by atoms with E-state index < -0.39 is 0 Å². The number of nitriles is 1. The predicted octanol–water partition coefficient (Wildman–Crippen LogP) is 3.63. The van der Waals surface area contributed by atoms with E-state index in [0.29, 0.717) is 12.1 Å². The lowest BCUT2D eigenvalue weighted by atomic mass is 9.69. The van der Waals surface area contributed by atoms with Crippen molar-refractivity contribution in [3.8, 4) is 6.07 Å². The average Bonchev–Trinajstić information content (AvgIpc) is 2.86. The van der Waals surface area contributed by atoms with E-state index >= 15 is 0 Å². The van der Waals surface area contributed by atoms with Crippen LogP contribution in [-0.2, 0) is 0 Å². The van der Waals surface area contributed by atoms with Gasteiger partial charge in [-0.25, -0.2) is 0 Å². The minimum absolute atomic E-state index is 0.286. The lowest BCUT2D eigenvalue weighted by molar-refractivity contribution is 0.137. The molecule has 2 nitrogen and oxygen atoms in total. The van der Waals surface area contributed by atoms with E-state index in [1.54, 1.807) is 0 Å². The van der Waals surface area contributed by atoms with Gasteiger partial charge >= 0.3 is 0 Å². The summed E-state index contributed by atoms with van der Waals surface area (Å²) < 4.78 is 0. The molecule has 2 heteroatoms. The van der Waals surface area contributed by atoms with Gasteiger partial charge < -0.3 is 5.32 Å². The molecule has 0 bridgehead atoms. The van der Waals surface area contributed by atoms with Crippen molar-refractivity contribution in [2.75, 3.05) is 0 Å². The van der Waals surface area contributed by atoms with E-state index in [9.17, 15) is 0 Å². The molecule has 3 aliphatic rings. The lowest BCUT2D eigenvalue weighted by Gasteiger charge is -2.40. The third-order valence-electron chi connectivity index (χ3n) is 5.67. The fourth-order valence-corrected chi connectivity index (χ4v) is 4.64. The first-order valence-electron chi connectivity index (χ1n) is 8.02. The summed E-state index contributed by atoms with van der Waals surface area (Å²) in [5.74, 6) is 2.31. The average molecular weight is 246 g/mol. The van der Waals surface area contributed by atoms with Crippen molar-refractivity contribution in [2.24, 2.45) is 17.8 Å². The smallest absolute Gasteiger partial charge is 0.0672 e. The third kappa shape index (κ3) is 2.57. The van der Waals surface area contributed by atoms with E-state index in [1.807, 2.05) is 0 Å². The Morgan fingerprint density at radius 3 is 2.50 bits per heavy atom. The zero-order valence-corrected chi connectivity index (χ0v) is 11.4. The molecule has 0 aromatic heterocycles. The van der Waals surface area contributed by atoms with Crippen LogP contribution in [0.15, 0.2) is 0 Å². The highest BCUT2D eigenvalue weighted by Gasteiger charge is 2.35. The van der Waals surface area contributed by atoms with Crippen LogP contribution in [0, 0.1) is 29.1 Å². The van der Waals surface area contributed by atoms with Gasteiger partial charge in [0.2, 0.25) is 0 Å². The van der Waals surface area contributed by atoms with Crippen molar-refractivity contribution < 1.29 is 0 Å². The second kappa shape index (κ2) is 5.61. The Balaban J connectivity index is 1.53. The van der Waals surface area contributed by atoms with Gasteiger partial charge in [0.05, 0.1) is 12.0 Å². The van der Waals surface area contributed by atoms with Gasteiger partial charge in [0.1, 0.15) is 0 Å². The van der Waals surface area contributed by atoms with E-state index in [-0.39, 0.29) is 5.92 Å². The first-order valence-corrected chi connectivity index (χ1v) is 8.02. The molecule has 5 atom stereocenters. The number of hydrogen-bond donors (Lipinski definition) is 1. The fraction of sp³-hybridized carbons (Fsp3) is 0.938. The molecule has 1 N–H and O–H groups in total. The number of rotatable bonds is 2. The van der Waals surface area contributed by atoms with Crippen LogP contribution in [0.25, 0.3) is 0 Å². The highest BCUT2D eigenvalue weighted by atomic mass is 15.0. The standard InChI is InChI=1S/C16H26N2/c17-11-14-6-3-7-16(14)18-15-9-8-12-4-1-2-5-13(12)10-15/h12-16,18H,1-10H2. The fourth-order valence-electron chi connectivity index (χ4n) is 4.64. The Morgan fingerprint density at radius 2 is 1.67 bits per heavy atom.